The lowest BCUT2D eigenvalue weighted by Gasteiger charge is -2.17. The van der Waals surface area contributed by atoms with E-state index in [2.05, 4.69) is 0 Å². The maximum Gasteiger partial charge on any atom is 0.243 e. The first-order chi connectivity index (χ1) is 7.91. The van der Waals surface area contributed by atoms with Crippen molar-refractivity contribution in [1.29, 1.82) is 0 Å². The summed E-state index contributed by atoms with van der Waals surface area (Å²) in [5.41, 5.74) is 6.44. The number of hydrogen-bond donors (Lipinski definition) is 1. The van der Waals surface area contributed by atoms with Crippen molar-refractivity contribution in [3.05, 3.63) is 28.8 Å². The molecule has 0 aromatic heterocycles. The standard InChI is InChI=1S/C11H15ClN2O2S.ClH/c1-8-2-3-9(12)6-11(8)17(15,16)14-5-4-10(13)7-14;/h2-3,6,10H,4-5,7,13H2,1H3;1H/t10-;/m1./s1. The highest BCUT2D eigenvalue weighted by molar-refractivity contribution is 7.89. The van der Waals surface area contributed by atoms with Gasteiger partial charge in [0.1, 0.15) is 0 Å². The molecule has 0 aliphatic carbocycles. The van der Waals surface area contributed by atoms with E-state index in [0.717, 1.165) is 0 Å². The molecule has 1 fully saturated rings. The fourth-order valence-electron chi connectivity index (χ4n) is 1.96. The van der Waals surface area contributed by atoms with E-state index in [0.29, 0.717) is 30.1 Å². The molecule has 0 spiro atoms. The highest BCUT2D eigenvalue weighted by Gasteiger charge is 2.31. The van der Waals surface area contributed by atoms with Crippen LogP contribution in [0.4, 0.5) is 0 Å². The minimum Gasteiger partial charge on any atom is -0.326 e. The Labute approximate surface area is 119 Å². The third-order valence-corrected chi connectivity index (χ3v) is 5.20. The molecule has 18 heavy (non-hydrogen) atoms. The number of halogens is 2. The lowest BCUT2D eigenvalue weighted by atomic mass is 10.2. The quantitative estimate of drug-likeness (QED) is 0.906. The number of nitrogens with two attached hydrogens (primary N) is 1. The van der Waals surface area contributed by atoms with Crippen LogP contribution in [0.1, 0.15) is 12.0 Å². The highest BCUT2D eigenvalue weighted by Crippen LogP contribution is 2.25. The van der Waals surface area contributed by atoms with E-state index in [4.69, 9.17) is 17.3 Å². The predicted octanol–water partition coefficient (Wildman–Crippen LogP) is 1.79. The molecule has 1 aromatic rings. The second kappa shape index (κ2) is 5.75. The minimum absolute atomic E-state index is 0. The van der Waals surface area contributed by atoms with Crippen LogP contribution in [0.25, 0.3) is 0 Å². The van der Waals surface area contributed by atoms with Gasteiger partial charge in [0.25, 0.3) is 0 Å². The van der Waals surface area contributed by atoms with Gasteiger partial charge in [-0.25, -0.2) is 8.42 Å². The predicted molar refractivity (Wildman–Crippen MR) is 74.8 cm³/mol. The molecule has 2 rings (SSSR count). The summed E-state index contributed by atoms with van der Waals surface area (Å²) in [7, 11) is -3.46. The van der Waals surface area contributed by atoms with Crippen LogP contribution in [-0.4, -0.2) is 31.9 Å². The van der Waals surface area contributed by atoms with E-state index in [-0.39, 0.29) is 23.3 Å². The molecule has 0 amide bonds. The summed E-state index contributed by atoms with van der Waals surface area (Å²) >= 11 is 5.85. The Kier molecular flexibility index (Phi) is 5.03. The van der Waals surface area contributed by atoms with Gasteiger partial charge in [-0.05, 0) is 31.0 Å². The number of sulfonamides is 1. The molecule has 1 aromatic carbocycles. The van der Waals surface area contributed by atoms with Crippen molar-refractivity contribution >= 4 is 34.0 Å². The molecule has 1 aliphatic heterocycles. The summed E-state index contributed by atoms with van der Waals surface area (Å²) in [5, 5.41) is 0.428. The van der Waals surface area contributed by atoms with Crippen LogP contribution < -0.4 is 5.73 Å². The van der Waals surface area contributed by atoms with Crippen molar-refractivity contribution in [2.45, 2.75) is 24.3 Å². The molecular weight excluding hydrogens is 295 g/mol. The van der Waals surface area contributed by atoms with Crippen LogP contribution in [0.5, 0.6) is 0 Å². The molecule has 4 nitrogen and oxygen atoms in total. The third-order valence-electron chi connectivity index (χ3n) is 2.96. The SMILES string of the molecule is Cc1ccc(Cl)cc1S(=O)(=O)N1CC[C@@H](N)C1.Cl. The zero-order valence-electron chi connectivity index (χ0n) is 9.97. The number of hydrogen-bond acceptors (Lipinski definition) is 3. The Morgan fingerprint density at radius 3 is 2.67 bits per heavy atom. The topological polar surface area (TPSA) is 63.4 Å². The number of rotatable bonds is 2. The monoisotopic (exact) mass is 310 g/mol. The maximum absolute atomic E-state index is 12.4. The summed E-state index contributed by atoms with van der Waals surface area (Å²) in [6.45, 7) is 2.63. The maximum atomic E-state index is 12.4. The second-order valence-corrected chi connectivity index (χ2v) is 6.66. The summed E-state index contributed by atoms with van der Waals surface area (Å²) in [6, 6.07) is 4.83. The highest BCUT2D eigenvalue weighted by atomic mass is 35.5. The lowest BCUT2D eigenvalue weighted by Crippen LogP contribution is -2.32. The van der Waals surface area contributed by atoms with Crippen LogP contribution in [0, 0.1) is 6.92 Å². The van der Waals surface area contributed by atoms with Gasteiger partial charge in [0.15, 0.2) is 0 Å². The van der Waals surface area contributed by atoms with E-state index in [1.165, 1.54) is 10.4 Å². The van der Waals surface area contributed by atoms with Gasteiger partial charge < -0.3 is 5.73 Å². The zero-order valence-corrected chi connectivity index (χ0v) is 12.4. The average Bonchev–Trinajstić information content (AvgIpc) is 2.69. The molecule has 0 unspecified atom stereocenters. The molecule has 102 valence electrons. The van der Waals surface area contributed by atoms with Crippen molar-refractivity contribution in [2.24, 2.45) is 5.73 Å². The zero-order chi connectivity index (χ0) is 12.6. The van der Waals surface area contributed by atoms with Crippen molar-refractivity contribution in [2.75, 3.05) is 13.1 Å². The van der Waals surface area contributed by atoms with E-state index in [9.17, 15) is 8.42 Å². The third kappa shape index (κ3) is 2.97. The normalized spacial score (nSPS) is 20.7. The van der Waals surface area contributed by atoms with Crippen molar-refractivity contribution in [3.63, 3.8) is 0 Å². The molecule has 7 heteroatoms. The first-order valence-electron chi connectivity index (χ1n) is 5.43. The van der Waals surface area contributed by atoms with Crippen LogP contribution in [0.15, 0.2) is 23.1 Å². The summed E-state index contributed by atoms with van der Waals surface area (Å²) in [4.78, 5) is 0.277. The summed E-state index contributed by atoms with van der Waals surface area (Å²) in [6.07, 6.45) is 0.707. The summed E-state index contributed by atoms with van der Waals surface area (Å²) in [5.74, 6) is 0. The van der Waals surface area contributed by atoms with Crippen molar-refractivity contribution in [3.8, 4) is 0 Å². The smallest absolute Gasteiger partial charge is 0.243 e. The molecule has 0 bridgehead atoms. The Hall–Kier alpha value is -0.330. The fraction of sp³-hybridized carbons (Fsp3) is 0.455. The molecular formula is C11H16Cl2N2O2S. The van der Waals surface area contributed by atoms with Gasteiger partial charge in [-0.15, -0.1) is 12.4 Å². The molecule has 1 aliphatic rings. The van der Waals surface area contributed by atoms with Gasteiger partial charge in [-0.1, -0.05) is 17.7 Å². The van der Waals surface area contributed by atoms with Gasteiger partial charge >= 0.3 is 0 Å². The van der Waals surface area contributed by atoms with Crippen LogP contribution >= 0.6 is 24.0 Å². The second-order valence-electron chi connectivity index (χ2n) is 4.32. The lowest BCUT2D eigenvalue weighted by molar-refractivity contribution is 0.472. The van der Waals surface area contributed by atoms with E-state index in [1.54, 1.807) is 19.1 Å². The largest absolute Gasteiger partial charge is 0.326 e. The van der Waals surface area contributed by atoms with Crippen LogP contribution in [0.3, 0.4) is 0 Å². The Balaban J connectivity index is 0.00000162. The van der Waals surface area contributed by atoms with E-state index < -0.39 is 10.0 Å². The van der Waals surface area contributed by atoms with E-state index in [1.807, 2.05) is 0 Å². The van der Waals surface area contributed by atoms with Crippen molar-refractivity contribution < 1.29 is 8.42 Å². The Morgan fingerprint density at radius 2 is 2.11 bits per heavy atom. The van der Waals surface area contributed by atoms with Gasteiger partial charge in [-0.3, -0.25) is 0 Å². The molecule has 0 saturated carbocycles. The van der Waals surface area contributed by atoms with Crippen LogP contribution in [-0.2, 0) is 10.0 Å². The van der Waals surface area contributed by atoms with Crippen LogP contribution in [0.2, 0.25) is 5.02 Å². The first-order valence-corrected chi connectivity index (χ1v) is 7.25. The molecule has 1 atom stereocenters. The summed E-state index contributed by atoms with van der Waals surface area (Å²) < 4.78 is 26.2. The van der Waals surface area contributed by atoms with Gasteiger partial charge in [0.2, 0.25) is 10.0 Å². The molecule has 0 radical (unpaired) electrons. The van der Waals surface area contributed by atoms with Gasteiger partial charge in [-0.2, -0.15) is 4.31 Å². The van der Waals surface area contributed by atoms with Crippen molar-refractivity contribution in [1.82, 2.24) is 4.31 Å². The number of aryl methyl sites for hydroxylation is 1. The Morgan fingerprint density at radius 1 is 1.44 bits per heavy atom. The fourth-order valence-corrected chi connectivity index (χ4v) is 3.96. The first kappa shape index (κ1) is 15.7. The number of benzene rings is 1. The average molecular weight is 311 g/mol. The van der Waals surface area contributed by atoms with Gasteiger partial charge in [0.05, 0.1) is 4.90 Å². The van der Waals surface area contributed by atoms with Gasteiger partial charge in [0, 0.05) is 24.2 Å². The molecule has 2 N–H and O–H groups in total. The number of nitrogens with zero attached hydrogens (tertiary/aromatic N) is 1. The molecule has 1 heterocycles. The minimum atomic E-state index is -3.46. The Bertz CT molecular complexity index is 534. The molecule has 1 saturated heterocycles. The van der Waals surface area contributed by atoms with E-state index >= 15 is 0 Å².